The average Bonchev–Trinajstić information content (AvgIpc) is 2.93. The molecule has 0 saturated carbocycles. The van der Waals surface area contributed by atoms with Gasteiger partial charge < -0.3 is 4.74 Å². The predicted molar refractivity (Wildman–Crippen MR) is 149 cm³/mol. The number of rotatable bonds is 7. The van der Waals surface area contributed by atoms with Crippen molar-refractivity contribution in [1.82, 2.24) is 4.98 Å². The summed E-state index contributed by atoms with van der Waals surface area (Å²) in [6.07, 6.45) is 1.87. The van der Waals surface area contributed by atoms with Crippen LogP contribution in [0.15, 0.2) is 101 Å². The van der Waals surface area contributed by atoms with Crippen LogP contribution < -0.4 is 15.9 Å². The number of nitriles is 1. The van der Waals surface area contributed by atoms with Crippen LogP contribution >= 0.6 is 18.8 Å². The number of hydrogen-bond donors (Lipinski definition) is 0. The first-order valence-corrected chi connectivity index (χ1v) is 14.5. The van der Waals surface area contributed by atoms with E-state index in [1.165, 1.54) is 11.8 Å². The van der Waals surface area contributed by atoms with E-state index in [-0.39, 0.29) is 17.7 Å². The molecule has 0 radical (unpaired) electrons. The second-order valence-corrected chi connectivity index (χ2v) is 11.7. The van der Waals surface area contributed by atoms with Crippen molar-refractivity contribution in [2.75, 3.05) is 12.9 Å². The first-order chi connectivity index (χ1) is 17.6. The van der Waals surface area contributed by atoms with E-state index in [4.69, 9.17) is 9.48 Å². The van der Waals surface area contributed by atoms with Crippen LogP contribution in [0.25, 0.3) is 0 Å². The van der Waals surface area contributed by atoms with Crippen LogP contribution in [-0.2, 0) is 4.74 Å². The second-order valence-electron chi connectivity index (χ2n) is 7.88. The molecule has 5 nitrogen and oxygen atoms in total. The lowest BCUT2D eigenvalue weighted by atomic mass is 10.1. The molecule has 0 bridgehead atoms. The quantitative estimate of drug-likeness (QED) is 0.174. The molecule has 3 aromatic carbocycles. The number of nitrogens with zero attached hydrogens (tertiary/aromatic N) is 3. The highest BCUT2D eigenvalue weighted by Gasteiger charge is 2.31. The number of benzene rings is 3. The van der Waals surface area contributed by atoms with Gasteiger partial charge in [-0.15, -0.1) is 11.8 Å². The molecule has 0 aliphatic heterocycles. The standard InChI is InChI=1S/C29H26N3O2PS/c1-4-34-29(33)26-21(2)31-28(36-3)25(20-30)27(26)32-35(22-14-8-5-9-15-22,23-16-10-6-11-17-23)24-18-12-7-13-19-24/h5-19H,4H2,1-3H3. The van der Waals surface area contributed by atoms with Crippen LogP contribution in [0.4, 0.5) is 5.69 Å². The minimum Gasteiger partial charge on any atom is -0.462 e. The van der Waals surface area contributed by atoms with Crippen LogP contribution in [0, 0.1) is 18.3 Å². The first-order valence-electron chi connectivity index (χ1n) is 11.5. The topological polar surface area (TPSA) is 75.3 Å². The molecule has 1 aromatic heterocycles. The number of carbonyl (C=O) groups is 1. The summed E-state index contributed by atoms with van der Waals surface area (Å²) < 4.78 is 10.9. The third-order valence-electron chi connectivity index (χ3n) is 5.74. The van der Waals surface area contributed by atoms with Crippen LogP contribution in [0.3, 0.4) is 0 Å². The van der Waals surface area contributed by atoms with Gasteiger partial charge in [-0.3, -0.25) is 4.74 Å². The fourth-order valence-corrected chi connectivity index (χ4v) is 8.29. The zero-order chi connectivity index (χ0) is 25.5. The van der Waals surface area contributed by atoms with Gasteiger partial charge in [-0.05, 0) is 20.1 Å². The molecule has 0 saturated heterocycles. The molecule has 0 atom stereocenters. The molecule has 0 N–H and O–H groups in total. The predicted octanol–water partition coefficient (Wildman–Crippen LogP) is 5.97. The third kappa shape index (κ3) is 4.73. The molecule has 4 rings (SSSR count). The maximum absolute atomic E-state index is 13.2. The van der Waals surface area contributed by atoms with Crippen molar-refractivity contribution in [3.05, 3.63) is 108 Å². The summed E-state index contributed by atoms with van der Waals surface area (Å²) in [4.78, 5) is 17.8. The minimum atomic E-state index is -2.72. The van der Waals surface area contributed by atoms with E-state index < -0.39 is 13.0 Å². The lowest BCUT2D eigenvalue weighted by Gasteiger charge is -2.28. The van der Waals surface area contributed by atoms with Gasteiger partial charge in [0.05, 0.1) is 25.0 Å². The van der Waals surface area contributed by atoms with E-state index >= 15 is 0 Å². The summed E-state index contributed by atoms with van der Waals surface area (Å²) in [6, 6.07) is 32.6. The smallest absolute Gasteiger partial charge is 0.342 e. The van der Waals surface area contributed by atoms with Gasteiger partial charge in [0.25, 0.3) is 0 Å². The van der Waals surface area contributed by atoms with Crippen molar-refractivity contribution >= 4 is 46.4 Å². The van der Waals surface area contributed by atoms with Crippen molar-refractivity contribution in [2.45, 2.75) is 18.9 Å². The van der Waals surface area contributed by atoms with Crippen molar-refractivity contribution in [1.29, 1.82) is 5.26 Å². The Balaban J connectivity index is 2.27. The zero-order valence-corrected chi connectivity index (χ0v) is 22.1. The van der Waals surface area contributed by atoms with Gasteiger partial charge in [-0.2, -0.15) is 5.26 Å². The van der Waals surface area contributed by atoms with Crippen LogP contribution in [-0.4, -0.2) is 23.8 Å². The Morgan fingerprint density at radius 2 is 1.42 bits per heavy atom. The number of aromatic nitrogens is 1. The van der Waals surface area contributed by atoms with Gasteiger partial charge in [-0.25, -0.2) is 9.78 Å². The fraction of sp³-hybridized carbons (Fsp3) is 0.138. The molecule has 0 aliphatic rings. The van der Waals surface area contributed by atoms with Crippen LogP contribution in [0.1, 0.15) is 28.5 Å². The molecule has 0 spiro atoms. The van der Waals surface area contributed by atoms with Gasteiger partial charge in [0.1, 0.15) is 22.2 Å². The molecule has 36 heavy (non-hydrogen) atoms. The van der Waals surface area contributed by atoms with Gasteiger partial charge >= 0.3 is 5.97 Å². The van der Waals surface area contributed by atoms with Crippen molar-refractivity contribution in [3.63, 3.8) is 0 Å². The Morgan fingerprint density at radius 3 is 1.81 bits per heavy atom. The Hall–Kier alpha value is -3.65. The Labute approximate surface area is 216 Å². The lowest BCUT2D eigenvalue weighted by Crippen LogP contribution is -2.25. The molecule has 0 aliphatic carbocycles. The summed E-state index contributed by atoms with van der Waals surface area (Å²) in [5, 5.41) is 13.8. The first kappa shape index (κ1) is 25.4. The molecule has 0 unspecified atom stereocenters. The largest absolute Gasteiger partial charge is 0.462 e. The minimum absolute atomic E-state index is 0.209. The monoisotopic (exact) mass is 511 g/mol. The molecule has 1 heterocycles. The highest BCUT2D eigenvalue weighted by atomic mass is 32.2. The van der Waals surface area contributed by atoms with Gasteiger partial charge in [0.15, 0.2) is 0 Å². The highest BCUT2D eigenvalue weighted by molar-refractivity contribution is 7.98. The van der Waals surface area contributed by atoms with E-state index in [2.05, 4.69) is 47.5 Å². The molecule has 7 heteroatoms. The lowest BCUT2D eigenvalue weighted by molar-refractivity contribution is 0.0526. The van der Waals surface area contributed by atoms with Crippen molar-refractivity contribution in [3.8, 4) is 6.07 Å². The third-order valence-corrected chi connectivity index (χ3v) is 10.1. The Bertz CT molecular complexity index is 1360. The van der Waals surface area contributed by atoms with E-state index in [1.54, 1.807) is 13.8 Å². The number of hydrogen-bond acceptors (Lipinski definition) is 6. The Kier molecular flexibility index (Phi) is 8.05. The molecular weight excluding hydrogens is 485 g/mol. The average molecular weight is 512 g/mol. The summed E-state index contributed by atoms with van der Waals surface area (Å²) in [7, 11) is -2.72. The molecule has 180 valence electrons. The fourth-order valence-electron chi connectivity index (χ4n) is 4.16. The molecule has 0 amide bonds. The van der Waals surface area contributed by atoms with Crippen molar-refractivity contribution in [2.24, 2.45) is 4.74 Å². The van der Waals surface area contributed by atoms with Crippen LogP contribution in [0.5, 0.6) is 0 Å². The van der Waals surface area contributed by atoms with E-state index in [0.29, 0.717) is 16.4 Å². The zero-order valence-electron chi connectivity index (χ0n) is 20.4. The van der Waals surface area contributed by atoms with Gasteiger partial charge in [-0.1, -0.05) is 91.0 Å². The summed E-state index contributed by atoms with van der Waals surface area (Å²) in [6.45, 7) is 3.73. The highest BCUT2D eigenvalue weighted by Crippen LogP contribution is 2.51. The normalized spacial score (nSPS) is 10.9. The second kappa shape index (κ2) is 11.4. The van der Waals surface area contributed by atoms with E-state index in [9.17, 15) is 10.1 Å². The Morgan fingerprint density at radius 1 is 0.944 bits per heavy atom. The summed E-state index contributed by atoms with van der Waals surface area (Å²) in [5.74, 6) is -0.530. The van der Waals surface area contributed by atoms with Crippen LogP contribution in [0.2, 0.25) is 0 Å². The summed E-state index contributed by atoms with van der Waals surface area (Å²) >= 11 is 1.36. The number of aryl methyl sites for hydroxylation is 1. The number of ether oxygens (including phenoxy) is 1. The molecular formula is C29H26N3O2PS. The molecule has 0 fully saturated rings. The maximum atomic E-state index is 13.2. The number of esters is 1. The van der Waals surface area contributed by atoms with Gasteiger partial charge in [0, 0.05) is 15.9 Å². The van der Waals surface area contributed by atoms with Gasteiger partial charge in [0.2, 0.25) is 0 Å². The number of pyridine rings is 1. The van der Waals surface area contributed by atoms with Crippen molar-refractivity contribution < 1.29 is 9.53 Å². The SMILES string of the molecule is CCOC(=O)c1c(C)nc(SC)c(C#N)c1N=P(c1ccccc1)(c1ccccc1)c1ccccc1. The van der Waals surface area contributed by atoms with E-state index in [1.807, 2.05) is 60.9 Å². The number of thioether (sulfide) groups is 1. The number of carbonyl (C=O) groups excluding carboxylic acids is 1. The van der Waals surface area contributed by atoms with E-state index in [0.717, 1.165) is 15.9 Å². The maximum Gasteiger partial charge on any atom is 0.342 e. The molecule has 4 aromatic rings. The summed E-state index contributed by atoms with van der Waals surface area (Å²) in [5.41, 5.74) is 1.34.